The zero-order valence-electron chi connectivity index (χ0n) is 14.7. The third-order valence-electron chi connectivity index (χ3n) is 4.49. The van der Waals surface area contributed by atoms with Crippen LogP contribution in [0.15, 0.2) is 54.6 Å². The Morgan fingerprint density at radius 1 is 1.04 bits per heavy atom. The highest BCUT2D eigenvalue weighted by atomic mass is 35.5. The van der Waals surface area contributed by atoms with Crippen molar-refractivity contribution in [2.24, 2.45) is 0 Å². The molecule has 1 aliphatic heterocycles. The number of amides is 2. The summed E-state index contributed by atoms with van der Waals surface area (Å²) in [7, 11) is 0. The number of nitrogens with zero attached hydrogens (tertiary/aromatic N) is 1. The molecule has 0 unspecified atom stereocenters. The number of carbonyl (C=O) groups excluding carboxylic acids is 1. The molecule has 2 aromatic rings. The van der Waals surface area contributed by atoms with E-state index in [1.54, 1.807) is 0 Å². The minimum absolute atomic E-state index is 0.140. The molecule has 1 atom stereocenters. The van der Waals surface area contributed by atoms with Crippen molar-refractivity contribution in [3.05, 3.63) is 70.7 Å². The molecular weight excluding hydrogens is 350 g/mol. The highest BCUT2D eigenvalue weighted by Crippen LogP contribution is 2.21. The lowest BCUT2D eigenvalue weighted by Gasteiger charge is -2.34. The lowest BCUT2D eigenvalue weighted by Crippen LogP contribution is -2.45. The summed E-state index contributed by atoms with van der Waals surface area (Å²) in [6.07, 6.45) is 0. The summed E-state index contributed by atoms with van der Waals surface area (Å²) in [5, 5.41) is 6.58. The Balaban J connectivity index is 1.54. The van der Waals surface area contributed by atoms with Crippen LogP contribution in [0.1, 0.15) is 17.2 Å². The molecular formula is C20H24ClN3O2. The molecule has 138 valence electrons. The Hall–Kier alpha value is -2.08. The van der Waals surface area contributed by atoms with E-state index in [1.165, 1.54) is 5.56 Å². The lowest BCUT2D eigenvalue weighted by atomic mass is 10.0. The van der Waals surface area contributed by atoms with Gasteiger partial charge in [-0.3, -0.25) is 4.90 Å². The first-order valence-corrected chi connectivity index (χ1v) is 9.23. The number of carbonyl (C=O) groups is 1. The van der Waals surface area contributed by atoms with E-state index in [4.69, 9.17) is 16.3 Å². The van der Waals surface area contributed by atoms with Crippen LogP contribution in [-0.2, 0) is 11.3 Å². The Kier molecular flexibility index (Phi) is 6.89. The van der Waals surface area contributed by atoms with Crippen molar-refractivity contribution in [2.45, 2.75) is 12.6 Å². The molecule has 0 bridgehead atoms. The number of hydrogen-bond acceptors (Lipinski definition) is 3. The third kappa shape index (κ3) is 5.46. The molecule has 0 aliphatic carbocycles. The molecule has 26 heavy (non-hydrogen) atoms. The van der Waals surface area contributed by atoms with Gasteiger partial charge < -0.3 is 15.4 Å². The Morgan fingerprint density at radius 3 is 2.42 bits per heavy atom. The first kappa shape index (κ1) is 18.7. The van der Waals surface area contributed by atoms with Crippen molar-refractivity contribution in [3.63, 3.8) is 0 Å². The predicted molar refractivity (Wildman–Crippen MR) is 103 cm³/mol. The van der Waals surface area contributed by atoms with E-state index in [0.717, 1.165) is 31.9 Å². The highest BCUT2D eigenvalue weighted by Gasteiger charge is 2.22. The van der Waals surface area contributed by atoms with Gasteiger partial charge in [0.1, 0.15) is 0 Å². The second-order valence-corrected chi connectivity index (χ2v) is 6.70. The zero-order chi connectivity index (χ0) is 18.2. The molecule has 1 aliphatic rings. The van der Waals surface area contributed by atoms with Gasteiger partial charge in [0.05, 0.1) is 19.3 Å². The predicted octanol–water partition coefficient (Wildman–Crippen LogP) is 3.21. The quantitative estimate of drug-likeness (QED) is 0.817. The smallest absolute Gasteiger partial charge is 0.315 e. The van der Waals surface area contributed by atoms with Gasteiger partial charge in [0.2, 0.25) is 0 Å². The molecule has 6 heteroatoms. The van der Waals surface area contributed by atoms with Crippen LogP contribution in [0.25, 0.3) is 0 Å². The number of hydrogen-bond donors (Lipinski definition) is 2. The van der Waals surface area contributed by atoms with Crippen molar-refractivity contribution in [2.75, 3.05) is 32.8 Å². The van der Waals surface area contributed by atoms with Gasteiger partial charge in [-0.2, -0.15) is 0 Å². The van der Waals surface area contributed by atoms with Gasteiger partial charge in [-0.15, -0.1) is 0 Å². The average molecular weight is 374 g/mol. The molecule has 2 N–H and O–H groups in total. The summed E-state index contributed by atoms with van der Waals surface area (Å²) in [6, 6.07) is 17.7. The van der Waals surface area contributed by atoms with Gasteiger partial charge in [-0.25, -0.2) is 4.79 Å². The molecule has 3 rings (SSSR count). The summed E-state index contributed by atoms with van der Waals surface area (Å²) < 4.78 is 5.46. The lowest BCUT2D eigenvalue weighted by molar-refractivity contribution is 0.0167. The fraction of sp³-hybridized carbons (Fsp3) is 0.350. The van der Waals surface area contributed by atoms with Gasteiger partial charge in [0.25, 0.3) is 0 Å². The maximum absolute atomic E-state index is 12.2. The fourth-order valence-electron chi connectivity index (χ4n) is 3.06. The molecule has 5 nitrogen and oxygen atoms in total. The number of ether oxygens (including phenoxy) is 1. The molecule has 2 aromatic carbocycles. The molecule has 0 spiro atoms. The van der Waals surface area contributed by atoms with E-state index >= 15 is 0 Å². The van der Waals surface area contributed by atoms with Crippen LogP contribution in [0.4, 0.5) is 4.79 Å². The van der Waals surface area contributed by atoms with Crippen molar-refractivity contribution in [1.29, 1.82) is 0 Å². The van der Waals surface area contributed by atoms with E-state index in [2.05, 4.69) is 27.7 Å². The number of halogens is 1. The maximum Gasteiger partial charge on any atom is 0.315 e. The first-order valence-electron chi connectivity index (χ1n) is 8.85. The molecule has 0 saturated carbocycles. The van der Waals surface area contributed by atoms with Gasteiger partial charge in [0, 0.05) is 31.2 Å². The highest BCUT2D eigenvalue weighted by molar-refractivity contribution is 6.30. The van der Waals surface area contributed by atoms with Crippen LogP contribution >= 0.6 is 11.6 Å². The SMILES string of the molecule is O=C(NCc1ccc(Cl)cc1)NC[C@@H](c1ccccc1)N1CCOCC1. The van der Waals surface area contributed by atoms with Crippen LogP contribution in [-0.4, -0.2) is 43.8 Å². The summed E-state index contributed by atoms with van der Waals surface area (Å²) >= 11 is 5.88. The monoisotopic (exact) mass is 373 g/mol. The van der Waals surface area contributed by atoms with E-state index in [1.807, 2.05) is 42.5 Å². The van der Waals surface area contributed by atoms with Gasteiger partial charge in [-0.1, -0.05) is 54.1 Å². The molecule has 0 aromatic heterocycles. The van der Waals surface area contributed by atoms with Gasteiger partial charge in [0.15, 0.2) is 0 Å². The zero-order valence-corrected chi connectivity index (χ0v) is 15.4. The molecule has 0 radical (unpaired) electrons. The second-order valence-electron chi connectivity index (χ2n) is 6.26. The summed E-state index contributed by atoms with van der Waals surface area (Å²) in [5.41, 5.74) is 2.21. The standard InChI is InChI=1S/C20H24ClN3O2/c21-18-8-6-16(7-9-18)14-22-20(25)23-15-19(17-4-2-1-3-5-17)24-10-12-26-13-11-24/h1-9,19H,10-15H2,(H2,22,23,25)/t19-/m0/s1. The van der Waals surface area contributed by atoms with Crippen LogP contribution in [0.3, 0.4) is 0 Å². The van der Waals surface area contributed by atoms with E-state index < -0.39 is 0 Å². The molecule has 2 amide bonds. The number of benzene rings is 2. The van der Waals surface area contributed by atoms with E-state index in [9.17, 15) is 4.79 Å². The maximum atomic E-state index is 12.2. The largest absolute Gasteiger partial charge is 0.379 e. The Bertz CT molecular complexity index is 688. The summed E-state index contributed by atoms with van der Waals surface area (Å²) in [4.78, 5) is 14.6. The molecule has 1 heterocycles. The normalized spacial score (nSPS) is 16.0. The number of morpholine rings is 1. The Morgan fingerprint density at radius 2 is 1.73 bits per heavy atom. The second kappa shape index (κ2) is 9.57. The summed E-state index contributed by atoms with van der Waals surface area (Å²) in [6.45, 7) is 4.21. The van der Waals surface area contributed by atoms with Gasteiger partial charge in [-0.05, 0) is 23.3 Å². The van der Waals surface area contributed by atoms with Crippen LogP contribution in [0.2, 0.25) is 5.02 Å². The number of nitrogens with one attached hydrogen (secondary N) is 2. The van der Waals surface area contributed by atoms with Crippen molar-refractivity contribution < 1.29 is 9.53 Å². The average Bonchev–Trinajstić information content (AvgIpc) is 2.69. The first-order chi connectivity index (χ1) is 12.7. The number of urea groups is 1. The van der Waals surface area contributed by atoms with E-state index in [0.29, 0.717) is 18.1 Å². The van der Waals surface area contributed by atoms with E-state index in [-0.39, 0.29) is 12.1 Å². The molecule has 1 saturated heterocycles. The summed E-state index contributed by atoms with van der Waals surface area (Å²) in [5.74, 6) is 0. The minimum atomic E-state index is -0.172. The minimum Gasteiger partial charge on any atom is -0.379 e. The van der Waals surface area contributed by atoms with Crippen LogP contribution in [0.5, 0.6) is 0 Å². The van der Waals surface area contributed by atoms with Crippen LogP contribution in [0, 0.1) is 0 Å². The number of rotatable bonds is 6. The van der Waals surface area contributed by atoms with Crippen molar-refractivity contribution >= 4 is 17.6 Å². The van der Waals surface area contributed by atoms with Crippen molar-refractivity contribution in [3.8, 4) is 0 Å². The fourth-order valence-corrected chi connectivity index (χ4v) is 3.18. The van der Waals surface area contributed by atoms with Crippen LogP contribution < -0.4 is 10.6 Å². The third-order valence-corrected chi connectivity index (χ3v) is 4.75. The van der Waals surface area contributed by atoms with Crippen molar-refractivity contribution in [1.82, 2.24) is 15.5 Å². The topological polar surface area (TPSA) is 53.6 Å². The molecule has 1 fully saturated rings. The Labute approximate surface area is 159 Å². The van der Waals surface area contributed by atoms with Gasteiger partial charge >= 0.3 is 6.03 Å².